The molecule has 6 nitrogen and oxygen atoms in total. The maximum atomic E-state index is 13.5. The van der Waals surface area contributed by atoms with Crippen LogP contribution in [0, 0.1) is 13.8 Å². The molecule has 1 atom stereocenters. The summed E-state index contributed by atoms with van der Waals surface area (Å²) in [6.45, 7) is 3.86. The second-order valence-corrected chi connectivity index (χ2v) is 10.8. The van der Waals surface area contributed by atoms with E-state index in [0.29, 0.717) is 11.3 Å². The van der Waals surface area contributed by atoms with E-state index < -0.39 is 16.1 Å². The number of fused-ring (bicyclic) bond motifs is 2. The van der Waals surface area contributed by atoms with Gasteiger partial charge in [0.1, 0.15) is 5.82 Å². The molecule has 0 fully saturated rings. The van der Waals surface area contributed by atoms with Gasteiger partial charge in [0.2, 0.25) is 0 Å². The summed E-state index contributed by atoms with van der Waals surface area (Å²) in [5, 5.41) is 0.808. The van der Waals surface area contributed by atoms with Gasteiger partial charge in [-0.2, -0.15) is 0 Å². The van der Waals surface area contributed by atoms with Crippen LogP contribution in [0.25, 0.3) is 21.9 Å². The summed E-state index contributed by atoms with van der Waals surface area (Å²) in [7, 11) is -3.76. The number of aryl methyl sites for hydroxylation is 2. The summed E-state index contributed by atoms with van der Waals surface area (Å²) >= 11 is 1.59. The zero-order valence-corrected chi connectivity index (χ0v) is 20.2. The number of rotatable bonds is 5. The monoisotopic (exact) mass is 476 g/mol. The second kappa shape index (κ2) is 8.06. The lowest BCUT2D eigenvalue weighted by Gasteiger charge is -2.18. The van der Waals surface area contributed by atoms with Crippen molar-refractivity contribution < 1.29 is 8.42 Å². The second-order valence-electron chi connectivity index (χ2n) is 8.12. The van der Waals surface area contributed by atoms with Gasteiger partial charge in [-0.25, -0.2) is 17.4 Å². The molecule has 3 N–H and O–H groups in total. The standard InChI is InChI=1S/C25H24N4O2S2/c1-15-8-10-17(11-9-15)33(30,31)29-13-12-18-22(21(32-3)14-16(2)24(18)29)23(26)25-27-19-6-4-5-7-20(19)28-25/h4-14,23H,26H2,1-3H3,(H,27,28). The van der Waals surface area contributed by atoms with Crippen molar-refractivity contribution in [3.63, 3.8) is 0 Å². The van der Waals surface area contributed by atoms with Crippen LogP contribution >= 0.6 is 11.8 Å². The highest BCUT2D eigenvalue weighted by atomic mass is 32.2. The minimum Gasteiger partial charge on any atom is -0.340 e. The zero-order valence-electron chi connectivity index (χ0n) is 18.5. The molecule has 1 unspecified atom stereocenters. The van der Waals surface area contributed by atoms with Gasteiger partial charge in [-0.3, -0.25) is 0 Å². The van der Waals surface area contributed by atoms with E-state index in [9.17, 15) is 8.42 Å². The van der Waals surface area contributed by atoms with Gasteiger partial charge in [-0.05, 0) is 67.6 Å². The summed E-state index contributed by atoms with van der Waals surface area (Å²) < 4.78 is 28.4. The SMILES string of the molecule is CSc1cc(C)c2c(ccn2S(=O)(=O)c2ccc(C)cc2)c1C(N)c1nc2ccccc2[nH]1. The lowest BCUT2D eigenvalue weighted by Crippen LogP contribution is -2.16. The summed E-state index contributed by atoms with van der Waals surface area (Å²) in [5.41, 5.74) is 11.9. The Labute approximate surface area is 196 Å². The Kier molecular flexibility index (Phi) is 5.31. The molecular formula is C25H24N4O2S2. The molecule has 5 aromatic rings. The van der Waals surface area contributed by atoms with Crippen LogP contribution in [0.15, 0.2) is 76.7 Å². The van der Waals surface area contributed by atoms with Crippen LogP contribution < -0.4 is 5.73 Å². The Hall–Kier alpha value is -3.07. The van der Waals surface area contributed by atoms with Crippen molar-refractivity contribution in [2.75, 3.05) is 6.26 Å². The van der Waals surface area contributed by atoms with Gasteiger partial charge >= 0.3 is 0 Å². The van der Waals surface area contributed by atoms with Crippen molar-refractivity contribution in [3.05, 3.63) is 89.4 Å². The van der Waals surface area contributed by atoms with Crippen LogP contribution in [0.2, 0.25) is 0 Å². The van der Waals surface area contributed by atoms with Crippen LogP contribution in [0.5, 0.6) is 0 Å². The highest BCUT2D eigenvalue weighted by Gasteiger charge is 2.26. The third kappa shape index (κ3) is 3.55. The summed E-state index contributed by atoms with van der Waals surface area (Å²) in [6, 6.07) is 18.0. The lowest BCUT2D eigenvalue weighted by molar-refractivity contribution is 0.589. The molecule has 0 aliphatic rings. The predicted octanol–water partition coefficient (Wildman–Crippen LogP) is 5.14. The Morgan fingerprint density at radius 3 is 2.48 bits per heavy atom. The van der Waals surface area contributed by atoms with Crippen LogP contribution in [-0.2, 0) is 10.0 Å². The third-order valence-electron chi connectivity index (χ3n) is 5.94. The van der Waals surface area contributed by atoms with E-state index in [2.05, 4.69) is 4.98 Å². The van der Waals surface area contributed by atoms with Crippen molar-refractivity contribution in [3.8, 4) is 0 Å². The van der Waals surface area contributed by atoms with E-state index in [4.69, 9.17) is 10.7 Å². The number of hydrogen-bond acceptors (Lipinski definition) is 5. The first-order chi connectivity index (χ1) is 15.8. The summed E-state index contributed by atoms with van der Waals surface area (Å²) in [6.07, 6.45) is 3.61. The van der Waals surface area contributed by atoms with E-state index in [0.717, 1.165) is 38.0 Å². The first-order valence-corrected chi connectivity index (χ1v) is 13.2. The molecule has 0 aliphatic heterocycles. The largest absolute Gasteiger partial charge is 0.340 e. The molecule has 0 radical (unpaired) electrons. The zero-order chi connectivity index (χ0) is 23.3. The first kappa shape index (κ1) is 21.8. The molecule has 8 heteroatoms. The smallest absolute Gasteiger partial charge is 0.268 e. The van der Waals surface area contributed by atoms with Crippen LogP contribution in [0.3, 0.4) is 0 Å². The lowest BCUT2D eigenvalue weighted by atomic mass is 10.00. The molecule has 0 aliphatic carbocycles. The van der Waals surface area contributed by atoms with Gasteiger partial charge in [0.05, 0.1) is 27.5 Å². The Morgan fingerprint density at radius 2 is 1.79 bits per heavy atom. The highest BCUT2D eigenvalue weighted by molar-refractivity contribution is 7.98. The minimum absolute atomic E-state index is 0.252. The van der Waals surface area contributed by atoms with Gasteiger partial charge in [0.15, 0.2) is 0 Å². The van der Waals surface area contributed by atoms with Crippen molar-refractivity contribution in [2.45, 2.75) is 29.7 Å². The number of nitrogens with two attached hydrogens (primary N) is 1. The van der Waals surface area contributed by atoms with E-state index in [-0.39, 0.29) is 4.90 Å². The van der Waals surface area contributed by atoms with E-state index in [1.807, 2.05) is 56.5 Å². The number of imidazole rings is 1. The van der Waals surface area contributed by atoms with Crippen molar-refractivity contribution >= 4 is 43.7 Å². The number of thioether (sulfide) groups is 1. The molecule has 3 aromatic carbocycles. The van der Waals surface area contributed by atoms with E-state index in [1.165, 1.54) is 3.97 Å². The van der Waals surface area contributed by atoms with Gasteiger partial charge in [0.25, 0.3) is 10.0 Å². The maximum Gasteiger partial charge on any atom is 0.268 e. The molecule has 0 spiro atoms. The summed E-state index contributed by atoms with van der Waals surface area (Å²) in [4.78, 5) is 9.26. The predicted molar refractivity (Wildman–Crippen MR) is 134 cm³/mol. The van der Waals surface area contributed by atoms with E-state index >= 15 is 0 Å². The van der Waals surface area contributed by atoms with Gasteiger partial charge in [0, 0.05) is 16.5 Å². The highest BCUT2D eigenvalue weighted by Crippen LogP contribution is 2.38. The van der Waals surface area contributed by atoms with Crippen LogP contribution in [0.1, 0.15) is 28.6 Å². The molecular weight excluding hydrogens is 452 g/mol. The average Bonchev–Trinajstić information content (AvgIpc) is 3.44. The molecule has 168 valence electrons. The first-order valence-electron chi connectivity index (χ1n) is 10.5. The fourth-order valence-corrected chi connectivity index (χ4v) is 6.43. The molecule has 5 rings (SSSR count). The molecule has 33 heavy (non-hydrogen) atoms. The van der Waals surface area contributed by atoms with Crippen LogP contribution in [-0.4, -0.2) is 28.6 Å². The van der Waals surface area contributed by atoms with E-state index in [1.54, 1.807) is 42.2 Å². The number of aromatic nitrogens is 3. The van der Waals surface area contributed by atoms with Crippen molar-refractivity contribution in [2.24, 2.45) is 5.73 Å². The number of H-pyrrole nitrogens is 1. The number of para-hydroxylation sites is 2. The topological polar surface area (TPSA) is 93.8 Å². The molecule has 0 bridgehead atoms. The molecule has 2 aromatic heterocycles. The quantitative estimate of drug-likeness (QED) is 0.343. The number of nitrogens with zero attached hydrogens (tertiary/aromatic N) is 2. The number of benzene rings is 3. The average molecular weight is 477 g/mol. The van der Waals surface area contributed by atoms with Crippen molar-refractivity contribution in [1.29, 1.82) is 0 Å². The Morgan fingerprint density at radius 1 is 1.06 bits per heavy atom. The number of aromatic amines is 1. The normalized spacial score (nSPS) is 13.1. The Bertz CT molecular complexity index is 1570. The molecule has 0 saturated heterocycles. The van der Waals surface area contributed by atoms with Crippen LogP contribution in [0.4, 0.5) is 0 Å². The molecule has 2 heterocycles. The fourth-order valence-electron chi connectivity index (χ4n) is 4.26. The molecule has 0 amide bonds. The molecule has 0 saturated carbocycles. The summed E-state index contributed by atoms with van der Waals surface area (Å²) in [5.74, 6) is 0.644. The van der Waals surface area contributed by atoms with Gasteiger partial charge in [-0.15, -0.1) is 11.8 Å². The number of hydrogen-bond donors (Lipinski definition) is 2. The van der Waals surface area contributed by atoms with Crippen molar-refractivity contribution in [1.82, 2.24) is 13.9 Å². The third-order valence-corrected chi connectivity index (χ3v) is 8.41. The fraction of sp³-hybridized carbons (Fsp3) is 0.160. The van der Waals surface area contributed by atoms with Gasteiger partial charge < -0.3 is 10.7 Å². The Balaban J connectivity index is 1.72. The minimum atomic E-state index is -3.76. The number of nitrogens with one attached hydrogen (secondary N) is 1. The maximum absolute atomic E-state index is 13.5. The van der Waals surface area contributed by atoms with Gasteiger partial charge in [-0.1, -0.05) is 29.8 Å².